The number of hydrogen-bond donors (Lipinski definition) is 2. The molecule has 0 saturated heterocycles. The van der Waals surface area contributed by atoms with E-state index in [2.05, 4.69) is 17.6 Å². The topological polar surface area (TPSA) is 38.9 Å². The van der Waals surface area contributed by atoms with Crippen LogP contribution in [0.5, 0.6) is 0 Å². The van der Waals surface area contributed by atoms with Gasteiger partial charge in [-0.3, -0.25) is 0 Å². The molecule has 0 spiro atoms. The number of nitrogens with zero attached hydrogens (tertiary/aromatic N) is 1. The van der Waals surface area contributed by atoms with Gasteiger partial charge in [0.05, 0.1) is 0 Å². The molecule has 8 heavy (non-hydrogen) atoms. The standard InChI is InChI=1S/C4H6N2S2/c5-3-2-8-4(1-7)6-3/h2,7H,1,5H2. The fraction of sp³-hybridized carbons (Fsp3) is 0.250. The number of hydrogen-bond acceptors (Lipinski definition) is 4. The van der Waals surface area contributed by atoms with Gasteiger partial charge in [-0.25, -0.2) is 4.98 Å². The summed E-state index contributed by atoms with van der Waals surface area (Å²) in [5, 5.41) is 2.79. The summed E-state index contributed by atoms with van der Waals surface area (Å²) >= 11 is 5.55. The Balaban J connectivity index is 2.84. The smallest absolute Gasteiger partial charge is 0.134 e. The van der Waals surface area contributed by atoms with Crippen molar-refractivity contribution in [3.63, 3.8) is 0 Å². The van der Waals surface area contributed by atoms with Gasteiger partial charge in [-0.1, -0.05) is 0 Å². The van der Waals surface area contributed by atoms with Crippen molar-refractivity contribution < 1.29 is 0 Å². The molecular formula is C4H6N2S2. The fourth-order valence-electron chi connectivity index (χ4n) is 0.398. The van der Waals surface area contributed by atoms with E-state index in [0.717, 1.165) is 5.01 Å². The van der Waals surface area contributed by atoms with Crippen LogP contribution in [-0.4, -0.2) is 4.98 Å². The molecule has 0 fully saturated rings. The predicted molar refractivity (Wildman–Crippen MR) is 39.2 cm³/mol. The second-order valence-corrected chi connectivity index (χ2v) is 2.58. The normalized spacial score (nSPS) is 9.62. The van der Waals surface area contributed by atoms with Crippen LogP contribution in [0.25, 0.3) is 0 Å². The maximum absolute atomic E-state index is 5.32. The molecule has 0 aromatic carbocycles. The lowest BCUT2D eigenvalue weighted by atomic mass is 10.8. The van der Waals surface area contributed by atoms with Crippen molar-refractivity contribution in [2.24, 2.45) is 0 Å². The molecule has 4 heteroatoms. The molecule has 1 rings (SSSR count). The molecule has 0 bridgehead atoms. The molecule has 0 aliphatic carbocycles. The van der Waals surface area contributed by atoms with E-state index < -0.39 is 0 Å². The zero-order valence-corrected chi connectivity index (χ0v) is 5.88. The minimum absolute atomic E-state index is 0.596. The second kappa shape index (κ2) is 2.37. The Morgan fingerprint density at radius 2 is 2.62 bits per heavy atom. The third kappa shape index (κ3) is 1.14. The highest BCUT2D eigenvalue weighted by Crippen LogP contribution is 2.11. The molecular weight excluding hydrogens is 140 g/mol. The minimum atomic E-state index is 0.596. The molecule has 2 N–H and O–H groups in total. The molecule has 2 nitrogen and oxygen atoms in total. The summed E-state index contributed by atoms with van der Waals surface area (Å²) in [6, 6.07) is 0. The van der Waals surface area contributed by atoms with E-state index in [-0.39, 0.29) is 0 Å². The maximum atomic E-state index is 5.32. The van der Waals surface area contributed by atoms with Gasteiger partial charge in [0, 0.05) is 11.1 Å². The van der Waals surface area contributed by atoms with Gasteiger partial charge in [0.2, 0.25) is 0 Å². The number of rotatable bonds is 1. The Morgan fingerprint density at radius 3 is 2.88 bits per heavy atom. The van der Waals surface area contributed by atoms with Crippen molar-refractivity contribution in [3.8, 4) is 0 Å². The number of thiazole rings is 1. The summed E-state index contributed by atoms with van der Waals surface area (Å²) in [5.41, 5.74) is 5.32. The Morgan fingerprint density at radius 1 is 1.88 bits per heavy atom. The number of nitrogen functional groups attached to an aromatic ring is 1. The number of aromatic nitrogens is 1. The Hall–Kier alpha value is -0.220. The highest BCUT2D eigenvalue weighted by Gasteiger charge is 1.92. The first-order valence-electron chi connectivity index (χ1n) is 2.13. The molecule has 0 aliphatic heterocycles. The van der Waals surface area contributed by atoms with Crippen LogP contribution in [0, 0.1) is 0 Å². The minimum Gasteiger partial charge on any atom is -0.383 e. The van der Waals surface area contributed by atoms with Crippen molar-refractivity contribution in [2.45, 2.75) is 5.75 Å². The molecule has 0 radical (unpaired) electrons. The van der Waals surface area contributed by atoms with Gasteiger partial charge in [-0.05, 0) is 0 Å². The average molecular weight is 146 g/mol. The zero-order valence-electron chi connectivity index (χ0n) is 4.16. The Bertz CT molecular complexity index is 172. The summed E-state index contributed by atoms with van der Waals surface area (Å²) in [4.78, 5) is 3.95. The second-order valence-electron chi connectivity index (χ2n) is 1.32. The van der Waals surface area contributed by atoms with Crippen LogP contribution in [0.2, 0.25) is 0 Å². The molecule has 0 aliphatic rings. The molecule has 1 aromatic rings. The van der Waals surface area contributed by atoms with E-state index in [0.29, 0.717) is 11.6 Å². The maximum Gasteiger partial charge on any atom is 0.134 e. The van der Waals surface area contributed by atoms with Crippen LogP contribution in [0.15, 0.2) is 5.38 Å². The molecule has 0 unspecified atom stereocenters. The fourth-order valence-corrected chi connectivity index (χ4v) is 1.23. The van der Waals surface area contributed by atoms with E-state index in [1.807, 2.05) is 5.38 Å². The van der Waals surface area contributed by atoms with E-state index in [1.165, 1.54) is 11.3 Å². The van der Waals surface area contributed by atoms with Crippen LogP contribution >= 0.6 is 24.0 Å². The first-order chi connectivity index (χ1) is 3.83. The summed E-state index contributed by atoms with van der Waals surface area (Å²) < 4.78 is 0. The monoisotopic (exact) mass is 146 g/mol. The molecule has 44 valence electrons. The molecule has 0 saturated carbocycles. The largest absolute Gasteiger partial charge is 0.383 e. The van der Waals surface area contributed by atoms with Gasteiger partial charge in [0.25, 0.3) is 0 Å². The average Bonchev–Trinajstić information content (AvgIpc) is 2.14. The van der Waals surface area contributed by atoms with Crippen LogP contribution in [-0.2, 0) is 5.75 Å². The highest BCUT2D eigenvalue weighted by molar-refractivity contribution is 7.79. The first kappa shape index (κ1) is 5.91. The lowest BCUT2D eigenvalue weighted by Crippen LogP contribution is -1.83. The van der Waals surface area contributed by atoms with Crippen molar-refractivity contribution >= 4 is 29.8 Å². The number of nitrogens with two attached hydrogens (primary N) is 1. The predicted octanol–water partition coefficient (Wildman–Crippen LogP) is 1.16. The van der Waals surface area contributed by atoms with Crippen molar-refractivity contribution in [3.05, 3.63) is 10.4 Å². The zero-order chi connectivity index (χ0) is 5.98. The van der Waals surface area contributed by atoms with Gasteiger partial charge in [-0.15, -0.1) is 11.3 Å². The molecule has 0 amide bonds. The highest BCUT2D eigenvalue weighted by atomic mass is 32.1. The number of thiol groups is 1. The van der Waals surface area contributed by atoms with Gasteiger partial charge in [0.1, 0.15) is 10.8 Å². The van der Waals surface area contributed by atoms with Crippen molar-refractivity contribution in [1.82, 2.24) is 4.98 Å². The third-order valence-corrected chi connectivity index (χ3v) is 2.09. The first-order valence-corrected chi connectivity index (χ1v) is 3.65. The summed E-state index contributed by atoms with van der Waals surface area (Å²) in [6.45, 7) is 0. The third-order valence-electron chi connectivity index (χ3n) is 0.705. The van der Waals surface area contributed by atoms with E-state index >= 15 is 0 Å². The summed E-state index contributed by atoms with van der Waals surface area (Å²) in [5.74, 6) is 1.28. The SMILES string of the molecule is Nc1csc(CS)n1. The van der Waals surface area contributed by atoms with Crippen LogP contribution < -0.4 is 5.73 Å². The van der Waals surface area contributed by atoms with Gasteiger partial charge in [0.15, 0.2) is 0 Å². The molecule has 1 heterocycles. The van der Waals surface area contributed by atoms with Crippen LogP contribution in [0.4, 0.5) is 5.82 Å². The lowest BCUT2D eigenvalue weighted by molar-refractivity contribution is 1.28. The Labute approximate surface area is 57.2 Å². The summed E-state index contributed by atoms with van der Waals surface area (Å²) in [7, 11) is 0. The van der Waals surface area contributed by atoms with Gasteiger partial charge >= 0.3 is 0 Å². The van der Waals surface area contributed by atoms with Crippen LogP contribution in [0.1, 0.15) is 5.01 Å². The number of anilines is 1. The quantitative estimate of drug-likeness (QED) is 0.583. The van der Waals surface area contributed by atoms with Gasteiger partial charge < -0.3 is 5.73 Å². The van der Waals surface area contributed by atoms with Crippen molar-refractivity contribution in [2.75, 3.05) is 5.73 Å². The van der Waals surface area contributed by atoms with E-state index in [4.69, 9.17) is 5.73 Å². The van der Waals surface area contributed by atoms with E-state index in [1.54, 1.807) is 0 Å². The van der Waals surface area contributed by atoms with Gasteiger partial charge in [-0.2, -0.15) is 12.6 Å². The Kier molecular flexibility index (Phi) is 1.75. The van der Waals surface area contributed by atoms with E-state index in [9.17, 15) is 0 Å². The lowest BCUT2D eigenvalue weighted by Gasteiger charge is -1.79. The molecule has 0 atom stereocenters. The molecule has 1 aromatic heterocycles. The van der Waals surface area contributed by atoms with Crippen molar-refractivity contribution in [1.29, 1.82) is 0 Å². The summed E-state index contributed by atoms with van der Waals surface area (Å²) in [6.07, 6.45) is 0. The van der Waals surface area contributed by atoms with Crippen LogP contribution in [0.3, 0.4) is 0 Å².